The van der Waals surface area contributed by atoms with Gasteiger partial charge >= 0.3 is 0 Å². The van der Waals surface area contributed by atoms with Gasteiger partial charge in [-0.3, -0.25) is 14.5 Å². The van der Waals surface area contributed by atoms with Crippen LogP contribution < -0.4 is 10.2 Å². The summed E-state index contributed by atoms with van der Waals surface area (Å²) in [5, 5.41) is 2.89. The lowest BCUT2D eigenvalue weighted by atomic mass is 10.3. The van der Waals surface area contributed by atoms with E-state index in [4.69, 9.17) is 0 Å². The van der Waals surface area contributed by atoms with Crippen molar-refractivity contribution in [2.75, 3.05) is 23.8 Å². The van der Waals surface area contributed by atoms with E-state index in [9.17, 15) is 9.59 Å². The summed E-state index contributed by atoms with van der Waals surface area (Å²) in [6.45, 7) is 3.21. The fraction of sp³-hybridized carbons (Fsp3) is 0.182. The van der Waals surface area contributed by atoms with Gasteiger partial charge in [-0.2, -0.15) is 0 Å². The summed E-state index contributed by atoms with van der Waals surface area (Å²) >= 11 is 0. The van der Waals surface area contributed by atoms with Crippen molar-refractivity contribution in [1.29, 1.82) is 0 Å². The molecule has 0 fully saturated rings. The molecule has 0 bridgehead atoms. The van der Waals surface area contributed by atoms with Crippen LogP contribution in [0.4, 0.5) is 11.5 Å². The number of nitrogens with one attached hydrogen (secondary N) is 1. The largest absolute Gasteiger partial charge is 0.385 e. The van der Waals surface area contributed by atoms with E-state index in [0.717, 1.165) is 6.08 Å². The summed E-state index contributed by atoms with van der Waals surface area (Å²) < 4.78 is 0. The number of pyridine rings is 1. The molecule has 0 aliphatic carbocycles. The van der Waals surface area contributed by atoms with Gasteiger partial charge in [0.15, 0.2) is 5.82 Å². The van der Waals surface area contributed by atoms with Crippen LogP contribution in [0.25, 0.3) is 0 Å². The van der Waals surface area contributed by atoms with Crippen LogP contribution >= 0.6 is 0 Å². The van der Waals surface area contributed by atoms with E-state index in [1.807, 2.05) is 0 Å². The number of amides is 1. The van der Waals surface area contributed by atoms with Crippen LogP contribution in [0.1, 0.15) is 0 Å². The Hall–Kier alpha value is -2.17. The van der Waals surface area contributed by atoms with Crippen molar-refractivity contribution in [1.82, 2.24) is 4.98 Å². The number of carbonyl (C=O) groups is 1. The van der Waals surface area contributed by atoms with Gasteiger partial charge in [-0.1, -0.05) is 6.58 Å². The highest BCUT2D eigenvalue weighted by molar-refractivity contribution is 6.03. The zero-order chi connectivity index (χ0) is 12.0. The van der Waals surface area contributed by atoms with Gasteiger partial charge in [0, 0.05) is 13.2 Å². The fourth-order valence-electron chi connectivity index (χ4n) is 1.24. The lowest BCUT2D eigenvalue weighted by Gasteiger charge is -2.19. The molecule has 5 heteroatoms. The molecule has 1 heterocycles. The smallest absolute Gasteiger partial charge is 0.252 e. The van der Waals surface area contributed by atoms with Crippen LogP contribution in [-0.2, 0) is 9.59 Å². The minimum atomic E-state index is -0.390. The minimum absolute atomic E-state index is 0.170. The second kappa shape index (κ2) is 5.65. The second-order valence-corrected chi connectivity index (χ2v) is 2.90. The van der Waals surface area contributed by atoms with Crippen molar-refractivity contribution in [2.45, 2.75) is 0 Å². The van der Waals surface area contributed by atoms with Crippen LogP contribution in [0.15, 0.2) is 31.0 Å². The Bertz CT molecular complexity index is 404. The summed E-state index contributed by atoms with van der Waals surface area (Å²) in [6, 6.07) is 3.49. The SMILES string of the molecule is C=CC(=O)N(C[C]=O)c1ncccc1NC. The first-order valence-electron chi connectivity index (χ1n) is 4.66. The molecule has 1 N–H and O–H groups in total. The molecule has 0 aliphatic heterocycles. The Kier molecular flexibility index (Phi) is 4.20. The van der Waals surface area contributed by atoms with Gasteiger partial charge in [0.05, 0.1) is 12.2 Å². The van der Waals surface area contributed by atoms with Crippen LogP contribution in [0.3, 0.4) is 0 Å². The molecule has 16 heavy (non-hydrogen) atoms. The molecule has 0 spiro atoms. The highest BCUT2D eigenvalue weighted by atomic mass is 16.2. The third kappa shape index (κ3) is 2.44. The molecule has 0 unspecified atom stereocenters. The molecule has 1 aromatic heterocycles. The predicted octanol–water partition coefficient (Wildman–Crippen LogP) is 0.752. The quantitative estimate of drug-likeness (QED) is 0.741. The topological polar surface area (TPSA) is 62.3 Å². The van der Waals surface area contributed by atoms with Crippen molar-refractivity contribution in [3.8, 4) is 0 Å². The third-order valence-corrected chi connectivity index (χ3v) is 1.98. The maximum atomic E-state index is 11.5. The molecular formula is C11H12N3O2. The standard InChI is InChI=1S/C11H12N3O2/c1-3-10(16)14(7-8-15)11-9(12-2)5-4-6-13-11/h3-6,12H,1,7H2,2H3. The van der Waals surface area contributed by atoms with Crippen LogP contribution in [0.5, 0.6) is 0 Å². The maximum Gasteiger partial charge on any atom is 0.252 e. The van der Waals surface area contributed by atoms with E-state index in [2.05, 4.69) is 16.9 Å². The van der Waals surface area contributed by atoms with Crippen LogP contribution in [0, 0.1) is 0 Å². The van der Waals surface area contributed by atoms with Gasteiger partial charge in [0.2, 0.25) is 6.29 Å². The van der Waals surface area contributed by atoms with Crippen LogP contribution in [-0.4, -0.2) is 30.8 Å². The first-order valence-corrected chi connectivity index (χ1v) is 4.66. The van der Waals surface area contributed by atoms with Gasteiger partial charge in [-0.25, -0.2) is 4.98 Å². The third-order valence-electron chi connectivity index (χ3n) is 1.98. The summed E-state index contributed by atoms with van der Waals surface area (Å²) in [5.41, 5.74) is 0.660. The van der Waals surface area contributed by atoms with E-state index in [1.165, 1.54) is 4.90 Å². The molecule has 0 atom stereocenters. The molecule has 0 saturated heterocycles. The number of hydrogen-bond donors (Lipinski definition) is 1. The Morgan fingerprint density at radius 3 is 3.06 bits per heavy atom. The van der Waals surface area contributed by atoms with E-state index in [0.29, 0.717) is 11.5 Å². The lowest BCUT2D eigenvalue weighted by Crippen LogP contribution is -2.32. The molecule has 1 aromatic rings. The molecule has 0 saturated carbocycles. The number of carbonyl (C=O) groups excluding carboxylic acids is 2. The predicted molar refractivity (Wildman–Crippen MR) is 62.0 cm³/mol. The normalized spacial score (nSPS) is 9.31. The van der Waals surface area contributed by atoms with E-state index >= 15 is 0 Å². The Balaban J connectivity index is 3.13. The van der Waals surface area contributed by atoms with E-state index < -0.39 is 5.91 Å². The average molecular weight is 218 g/mol. The van der Waals surface area contributed by atoms with Gasteiger partial charge in [0.1, 0.15) is 0 Å². The lowest BCUT2D eigenvalue weighted by molar-refractivity contribution is -0.114. The number of anilines is 2. The monoisotopic (exact) mass is 218 g/mol. The van der Waals surface area contributed by atoms with Gasteiger partial charge < -0.3 is 5.32 Å². The molecule has 0 aliphatic rings. The second-order valence-electron chi connectivity index (χ2n) is 2.90. The molecule has 1 amide bonds. The Labute approximate surface area is 93.8 Å². The van der Waals surface area contributed by atoms with Gasteiger partial charge in [-0.15, -0.1) is 0 Å². The Morgan fingerprint density at radius 1 is 1.75 bits per heavy atom. The molecule has 0 aromatic carbocycles. The highest BCUT2D eigenvalue weighted by Gasteiger charge is 2.16. The molecule has 83 valence electrons. The number of hydrogen-bond acceptors (Lipinski definition) is 4. The first-order chi connectivity index (χ1) is 7.74. The summed E-state index contributed by atoms with van der Waals surface area (Å²) in [4.78, 5) is 27.2. The first kappa shape index (κ1) is 11.9. The minimum Gasteiger partial charge on any atom is -0.385 e. The van der Waals surface area contributed by atoms with Crippen LogP contribution in [0.2, 0.25) is 0 Å². The van der Waals surface area contributed by atoms with Gasteiger partial charge in [0.25, 0.3) is 5.91 Å². The molecule has 1 radical (unpaired) electrons. The molecule has 1 rings (SSSR count). The number of nitrogens with zero attached hydrogens (tertiary/aromatic N) is 2. The summed E-state index contributed by atoms with van der Waals surface area (Å²) in [7, 11) is 1.71. The van der Waals surface area contributed by atoms with Crippen molar-refractivity contribution >= 4 is 23.7 Å². The molecular weight excluding hydrogens is 206 g/mol. The molecule has 5 nitrogen and oxygen atoms in total. The van der Waals surface area contributed by atoms with Crippen molar-refractivity contribution < 1.29 is 9.59 Å². The summed E-state index contributed by atoms with van der Waals surface area (Å²) in [5.74, 6) is -0.00296. The van der Waals surface area contributed by atoms with Gasteiger partial charge in [-0.05, 0) is 18.2 Å². The zero-order valence-corrected chi connectivity index (χ0v) is 8.93. The highest BCUT2D eigenvalue weighted by Crippen LogP contribution is 2.21. The van der Waals surface area contributed by atoms with E-state index in [-0.39, 0.29) is 6.54 Å². The number of rotatable bonds is 5. The summed E-state index contributed by atoms with van der Waals surface area (Å²) in [6.07, 6.45) is 4.35. The average Bonchev–Trinajstić information content (AvgIpc) is 2.35. The van der Waals surface area contributed by atoms with Crippen molar-refractivity contribution in [2.24, 2.45) is 0 Å². The maximum absolute atomic E-state index is 11.5. The van der Waals surface area contributed by atoms with E-state index in [1.54, 1.807) is 31.7 Å². The van der Waals surface area contributed by atoms with Crippen molar-refractivity contribution in [3.63, 3.8) is 0 Å². The number of aromatic nitrogens is 1. The Morgan fingerprint density at radius 2 is 2.50 bits per heavy atom. The van der Waals surface area contributed by atoms with Crippen molar-refractivity contribution in [3.05, 3.63) is 31.0 Å². The zero-order valence-electron chi connectivity index (χ0n) is 8.93. The fourth-order valence-corrected chi connectivity index (χ4v) is 1.24.